The minimum atomic E-state index is -0.327. The number of anilines is 1. The van der Waals surface area contributed by atoms with E-state index in [0.717, 1.165) is 11.3 Å². The number of thiocarbonyl (C=S) groups is 1. The van der Waals surface area contributed by atoms with Crippen molar-refractivity contribution in [1.82, 2.24) is 5.32 Å². The van der Waals surface area contributed by atoms with E-state index < -0.39 is 0 Å². The highest BCUT2D eigenvalue weighted by Crippen LogP contribution is 2.19. The number of carbonyl (C=O) groups is 1. The Morgan fingerprint density at radius 1 is 1.40 bits per heavy atom. The topological polar surface area (TPSA) is 59.6 Å². The molecule has 0 unspecified atom stereocenters. The number of rotatable bonds is 6. The molecule has 0 bridgehead atoms. The normalized spacial score (nSPS) is 9.95. The van der Waals surface area contributed by atoms with Crippen molar-refractivity contribution < 1.29 is 14.3 Å². The average Bonchev–Trinajstić information content (AvgIpc) is 2.41. The van der Waals surface area contributed by atoms with Gasteiger partial charge >= 0.3 is 5.97 Å². The lowest BCUT2D eigenvalue weighted by atomic mass is 10.1. The van der Waals surface area contributed by atoms with Gasteiger partial charge in [-0.2, -0.15) is 0 Å². The Bertz CT molecular complexity index is 477. The maximum atomic E-state index is 11.8. The Morgan fingerprint density at radius 3 is 2.80 bits per heavy atom. The van der Waals surface area contributed by atoms with E-state index in [0.29, 0.717) is 30.4 Å². The quantitative estimate of drug-likeness (QED) is 0.476. The van der Waals surface area contributed by atoms with Crippen LogP contribution < -0.4 is 10.6 Å². The van der Waals surface area contributed by atoms with Crippen LogP contribution in [0.5, 0.6) is 0 Å². The van der Waals surface area contributed by atoms with Crippen molar-refractivity contribution in [2.45, 2.75) is 13.8 Å². The molecule has 6 heteroatoms. The van der Waals surface area contributed by atoms with Crippen LogP contribution in [-0.4, -0.2) is 38.0 Å². The summed E-state index contributed by atoms with van der Waals surface area (Å²) in [7, 11) is 1.63. The first kappa shape index (κ1) is 16.4. The minimum absolute atomic E-state index is 0.327. The zero-order valence-corrected chi connectivity index (χ0v) is 12.8. The first-order valence-corrected chi connectivity index (χ1v) is 6.81. The van der Waals surface area contributed by atoms with Gasteiger partial charge in [-0.3, -0.25) is 0 Å². The Morgan fingerprint density at radius 2 is 2.15 bits per heavy atom. The molecule has 0 aliphatic carbocycles. The second-order valence-electron chi connectivity index (χ2n) is 4.07. The maximum Gasteiger partial charge on any atom is 0.338 e. The lowest BCUT2D eigenvalue weighted by Crippen LogP contribution is -2.31. The third-order valence-corrected chi connectivity index (χ3v) is 2.92. The fourth-order valence-electron chi connectivity index (χ4n) is 1.63. The Kier molecular flexibility index (Phi) is 6.97. The van der Waals surface area contributed by atoms with Crippen LogP contribution in [0.3, 0.4) is 0 Å². The van der Waals surface area contributed by atoms with Crippen molar-refractivity contribution in [1.29, 1.82) is 0 Å². The Hall–Kier alpha value is -1.66. The maximum absolute atomic E-state index is 11.8. The molecule has 0 spiro atoms. The summed E-state index contributed by atoms with van der Waals surface area (Å²) >= 11 is 5.18. The molecule has 0 heterocycles. The molecule has 0 aliphatic rings. The Labute approximate surface area is 124 Å². The SMILES string of the molecule is CCOC(=O)c1cccc(NC(=S)NCCOC)c1C. The highest BCUT2D eigenvalue weighted by Gasteiger charge is 2.12. The van der Waals surface area contributed by atoms with E-state index in [2.05, 4.69) is 10.6 Å². The molecule has 0 aliphatic heterocycles. The van der Waals surface area contributed by atoms with Crippen molar-refractivity contribution in [3.8, 4) is 0 Å². The molecule has 1 aromatic rings. The van der Waals surface area contributed by atoms with Gasteiger partial charge in [-0.25, -0.2) is 4.79 Å². The van der Waals surface area contributed by atoms with Crippen LogP contribution in [0.1, 0.15) is 22.8 Å². The summed E-state index contributed by atoms with van der Waals surface area (Å²) in [5.74, 6) is -0.327. The molecule has 0 atom stereocenters. The summed E-state index contributed by atoms with van der Waals surface area (Å²) in [6.07, 6.45) is 0. The van der Waals surface area contributed by atoms with E-state index in [1.54, 1.807) is 26.2 Å². The molecule has 0 saturated heterocycles. The molecule has 1 rings (SSSR count). The first-order valence-electron chi connectivity index (χ1n) is 6.40. The van der Waals surface area contributed by atoms with E-state index in [9.17, 15) is 4.79 Å². The smallest absolute Gasteiger partial charge is 0.338 e. The summed E-state index contributed by atoms with van der Waals surface area (Å²) in [5.41, 5.74) is 2.13. The van der Waals surface area contributed by atoms with E-state index >= 15 is 0 Å². The van der Waals surface area contributed by atoms with Gasteiger partial charge in [-0.05, 0) is 43.8 Å². The molecule has 0 aromatic heterocycles. The first-order chi connectivity index (χ1) is 9.60. The number of ether oxygens (including phenoxy) is 2. The summed E-state index contributed by atoms with van der Waals surface area (Å²) < 4.78 is 9.95. The van der Waals surface area contributed by atoms with E-state index in [-0.39, 0.29) is 5.97 Å². The average molecular weight is 296 g/mol. The summed E-state index contributed by atoms with van der Waals surface area (Å²) in [6, 6.07) is 5.39. The summed E-state index contributed by atoms with van der Waals surface area (Å²) in [6.45, 7) is 5.19. The number of methoxy groups -OCH3 is 1. The van der Waals surface area contributed by atoms with Gasteiger partial charge in [0.2, 0.25) is 0 Å². The highest BCUT2D eigenvalue weighted by molar-refractivity contribution is 7.80. The van der Waals surface area contributed by atoms with Gasteiger partial charge in [-0.15, -0.1) is 0 Å². The van der Waals surface area contributed by atoms with Gasteiger partial charge in [-0.1, -0.05) is 6.07 Å². The van der Waals surface area contributed by atoms with Crippen LogP contribution in [-0.2, 0) is 9.47 Å². The molecule has 2 N–H and O–H groups in total. The molecule has 1 aromatic carbocycles. The summed E-state index contributed by atoms with van der Waals surface area (Å²) in [4.78, 5) is 11.8. The second kappa shape index (κ2) is 8.50. The van der Waals surface area contributed by atoms with Crippen molar-refractivity contribution in [2.75, 3.05) is 32.2 Å². The van der Waals surface area contributed by atoms with E-state index in [1.807, 2.05) is 13.0 Å². The summed E-state index contributed by atoms with van der Waals surface area (Å²) in [5, 5.41) is 6.57. The van der Waals surface area contributed by atoms with Gasteiger partial charge in [0, 0.05) is 19.3 Å². The standard InChI is InChI=1S/C14H20N2O3S/c1-4-19-13(17)11-6-5-7-12(10(11)2)16-14(20)15-8-9-18-3/h5-7H,4,8-9H2,1-3H3,(H2,15,16,20). The number of nitrogens with one attached hydrogen (secondary N) is 2. The van der Waals surface area contributed by atoms with Crippen molar-refractivity contribution in [3.63, 3.8) is 0 Å². The number of hydrogen-bond donors (Lipinski definition) is 2. The fourth-order valence-corrected chi connectivity index (χ4v) is 1.85. The van der Waals surface area contributed by atoms with Gasteiger partial charge in [0.1, 0.15) is 0 Å². The molecular weight excluding hydrogens is 276 g/mol. The van der Waals surface area contributed by atoms with Gasteiger partial charge in [0.15, 0.2) is 5.11 Å². The number of carbonyl (C=O) groups excluding carboxylic acids is 1. The molecule has 0 radical (unpaired) electrons. The predicted octanol–water partition coefficient (Wildman–Crippen LogP) is 2.10. The third kappa shape index (κ3) is 4.79. The van der Waals surface area contributed by atoms with Crippen LogP contribution in [0.15, 0.2) is 18.2 Å². The number of benzene rings is 1. The zero-order valence-electron chi connectivity index (χ0n) is 12.0. The lowest BCUT2D eigenvalue weighted by molar-refractivity contribution is 0.0525. The minimum Gasteiger partial charge on any atom is -0.462 e. The van der Waals surface area contributed by atoms with Gasteiger partial charge < -0.3 is 20.1 Å². The molecule has 0 fully saturated rings. The number of hydrogen-bond acceptors (Lipinski definition) is 4. The van der Waals surface area contributed by atoms with Crippen LogP contribution in [0.2, 0.25) is 0 Å². The second-order valence-corrected chi connectivity index (χ2v) is 4.48. The zero-order chi connectivity index (χ0) is 15.0. The van der Waals surface area contributed by atoms with Crippen LogP contribution >= 0.6 is 12.2 Å². The monoisotopic (exact) mass is 296 g/mol. The van der Waals surface area contributed by atoms with Gasteiger partial charge in [0.05, 0.1) is 18.8 Å². The Balaban J connectivity index is 2.74. The fraction of sp³-hybridized carbons (Fsp3) is 0.429. The van der Waals surface area contributed by atoms with E-state index in [1.165, 1.54) is 0 Å². The number of esters is 1. The molecule has 0 saturated carbocycles. The van der Waals surface area contributed by atoms with Crippen LogP contribution in [0, 0.1) is 6.92 Å². The molecule has 110 valence electrons. The lowest BCUT2D eigenvalue weighted by Gasteiger charge is -2.14. The largest absolute Gasteiger partial charge is 0.462 e. The van der Waals surface area contributed by atoms with E-state index in [4.69, 9.17) is 21.7 Å². The molecule has 0 amide bonds. The highest BCUT2D eigenvalue weighted by atomic mass is 32.1. The van der Waals surface area contributed by atoms with Crippen molar-refractivity contribution >= 4 is 29.0 Å². The van der Waals surface area contributed by atoms with Gasteiger partial charge in [0.25, 0.3) is 0 Å². The van der Waals surface area contributed by atoms with Crippen molar-refractivity contribution in [3.05, 3.63) is 29.3 Å². The van der Waals surface area contributed by atoms with Crippen molar-refractivity contribution in [2.24, 2.45) is 0 Å². The van der Waals surface area contributed by atoms with Crippen LogP contribution in [0.4, 0.5) is 5.69 Å². The van der Waals surface area contributed by atoms with Crippen LogP contribution in [0.25, 0.3) is 0 Å². The molecule has 20 heavy (non-hydrogen) atoms. The molecular formula is C14H20N2O3S. The molecule has 5 nitrogen and oxygen atoms in total. The third-order valence-electron chi connectivity index (χ3n) is 2.67. The predicted molar refractivity (Wildman–Crippen MR) is 83.2 cm³/mol.